The van der Waals surface area contributed by atoms with Crippen molar-refractivity contribution in [3.05, 3.63) is 131 Å². The van der Waals surface area contributed by atoms with Crippen molar-refractivity contribution in [2.75, 3.05) is 23.3 Å². The van der Waals surface area contributed by atoms with Gasteiger partial charge in [0.2, 0.25) is 0 Å². The molecule has 1 fully saturated rings. The fourth-order valence-corrected chi connectivity index (χ4v) is 6.20. The molecule has 50 heavy (non-hydrogen) atoms. The zero-order valence-electron chi connectivity index (χ0n) is 27.6. The number of fused-ring (bicyclic) bond motifs is 1. The lowest BCUT2D eigenvalue weighted by Crippen LogP contribution is -2.37. The molecule has 3 heterocycles. The van der Waals surface area contributed by atoms with Gasteiger partial charge in [-0.05, 0) is 53.6 Å². The molecule has 1 aliphatic heterocycles. The van der Waals surface area contributed by atoms with E-state index < -0.39 is 6.09 Å². The number of hydrogen-bond donors (Lipinski definition) is 1. The first-order valence-corrected chi connectivity index (χ1v) is 16.6. The zero-order valence-corrected chi connectivity index (χ0v) is 27.6. The third-order valence-corrected chi connectivity index (χ3v) is 8.67. The fourth-order valence-electron chi connectivity index (χ4n) is 6.20. The first-order valence-electron chi connectivity index (χ1n) is 16.6. The van der Waals surface area contributed by atoms with Gasteiger partial charge >= 0.3 is 12.1 Å². The van der Waals surface area contributed by atoms with E-state index >= 15 is 0 Å². The van der Waals surface area contributed by atoms with Crippen molar-refractivity contribution in [3.63, 3.8) is 0 Å². The summed E-state index contributed by atoms with van der Waals surface area (Å²) in [5.41, 5.74) is 4.96. The van der Waals surface area contributed by atoms with Crippen molar-refractivity contribution in [1.29, 1.82) is 5.26 Å². The Balaban J connectivity index is 1.18. The SMILES string of the molecule is N#CCc1ccc2cc(NC(=O)OCc3ccccc3)c(C(=O)Cc3cnccc3N3CCC[C@H](CC(=O)OCc4ccccc4)C3)nc2c1. The number of ketones is 1. The van der Waals surface area contributed by atoms with Crippen molar-refractivity contribution in [2.45, 2.75) is 45.3 Å². The molecule has 0 unspecified atom stereocenters. The lowest BCUT2D eigenvalue weighted by molar-refractivity contribution is -0.146. The molecule has 1 amide bonds. The van der Waals surface area contributed by atoms with Gasteiger partial charge in [0.15, 0.2) is 5.78 Å². The quantitative estimate of drug-likeness (QED) is 0.108. The Bertz CT molecular complexity index is 2010. The number of nitrogens with zero attached hydrogens (tertiary/aromatic N) is 4. The van der Waals surface area contributed by atoms with E-state index in [1.54, 1.807) is 24.5 Å². The number of nitriles is 1. The summed E-state index contributed by atoms with van der Waals surface area (Å²) in [6, 6.07) is 30.1. The summed E-state index contributed by atoms with van der Waals surface area (Å²) in [6.07, 6.45) is 4.95. The van der Waals surface area contributed by atoms with Crippen molar-refractivity contribution >= 4 is 40.1 Å². The molecule has 3 aromatic carbocycles. The highest BCUT2D eigenvalue weighted by Crippen LogP contribution is 2.30. The number of pyridine rings is 2. The van der Waals surface area contributed by atoms with Crippen LogP contribution in [0.4, 0.5) is 16.2 Å². The fraction of sp³-hybridized carbons (Fsp3) is 0.250. The minimum atomic E-state index is -0.714. The number of esters is 1. The molecule has 1 N–H and O–H groups in total. The van der Waals surface area contributed by atoms with Crippen LogP contribution in [-0.4, -0.2) is 40.9 Å². The van der Waals surface area contributed by atoms with E-state index in [1.165, 1.54) is 0 Å². The molecule has 1 aliphatic rings. The van der Waals surface area contributed by atoms with Crippen LogP contribution in [0.15, 0.2) is 103 Å². The maximum Gasteiger partial charge on any atom is 0.412 e. The standard InChI is InChI=1S/C40H37N5O5/c41-17-15-28-13-14-32-22-35(44-40(48)50-27-30-10-5-2-6-11-30)39(43-34(32)20-28)37(46)23-33-24-42-18-16-36(33)45-19-7-12-31(25-45)21-38(47)49-26-29-8-3-1-4-9-29/h1-6,8-11,13-14,16,18,20,22,24,31H,7,12,15,19,21,23,25-27H2,(H,44,48)/t31-/m1/s1. The van der Waals surface area contributed by atoms with E-state index in [0.717, 1.165) is 41.8 Å². The van der Waals surface area contributed by atoms with Gasteiger partial charge in [-0.25, -0.2) is 9.78 Å². The highest BCUT2D eigenvalue weighted by molar-refractivity contribution is 6.06. The summed E-state index contributed by atoms with van der Waals surface area (Å²) in [6.45, 7) is 1.73. The predicted molar refractivity (Wildman–Crippen MR) is 189 cm³/mol. The van der Waals surface area contributed by atoms with Crippen LogP contribution in [-0.2, 0) is 40.3 Å². The molecule has 0 bridgehead atoms. The second kappa shape index (κ2) is 16.3. The first kappa shape index (κ1) is 33.8. The molecular weight excluding hydrogens is 630 g/mol. The highest BCUT2D eigenvalue weighted by Gasteiger charge is 2.26. The summed E-state index contributed by atoms with van der Waals surface area (Å²) in [5.74, 6) is -0.442. The van der Waals surface area contributed by atoms with Gasteiger partial charge in [0.1, 0.15) is 18.9 Å². The van der Waals surface area contributed by atoms with Crippen LogP contribution in [0.5, 0.6) is 0 Å². The summed E-state index contributed by atoms with van der Waals surface area (Å²) < 4.78 is 11.0. The summed E-state index contributed by atoms with van der Waals surface area (Å²) in [4.78, 5) is 50.9. The smallest absolute Gasteiger partial charge is 0.412 e. The molecule has 6 rings (SSSR count). The highest BCUT2D eigenvalue weighted by atomic mass is 16.5. The number of aromatic nitrogens is 2. The lowest BCUT2D eigenvalue weighted by Gasteiger charge is -2.35. The molecule has 252 valence electrons. The molecule has 10 nitrogen and oxygen atoms in total. The molecule has 0 spiro atoms. The molecular formula is C40H37N5O5. The van der Waals surface area contributed by atoms with Crippen LogP contribution in [0.25, 0.3) is 10.9 Å². The molecule has 1 saturated heterocycles. The zero-order chi connectivity index (χ0) is 34.7. The topological polar surface area (TPSA) is 135 Å². The number of piperidine rings is 1. The number of nitrogens with one attached hydrogen (secondary N) is 1. The summed E-state index contributed by atoms with van der Waals surface area (Å²) >= 11 is 0. The monoisotopic (exact) mass is 667 g/mol. The number of Topliss-reactive ketones (excluding diaryl/α,β-unsaturated/α-hetero) is 1. The summed E-state index contributed by atoms with van der Waals surface area (Å²) in [7, 11) is 0. The van der Waals surface area contributed by atoms with Crippen LogP contribution in [0, 0.1) is 17.2 Å². The molecule has 0 aliphatic carbocycles. The van der Waals surface area contributed by atoms with Gasteiger partial charge in [0, 0.05) is 48.5 Å². The number of carbonyl (C=O) groups is 3. The van der Waals surface area contributed by atoms with E-state index in [9.17, 15) is 19.6 Å². The first-order chi connectivity index (χ1) is 24.4. The van der Waals surface area contributed by atoms with Crippen molar-refractivity contribution < 1.29 is 23.9 Å². The maximum atomic E-state index is 14.1. The van der Waals surface area contributed by atoms with Gasteiger partial charge in [-0.1, -0.05) is 72.8 Å². The Morgan fingerprint density at radius 1 is 0.900 bits per heavy atom. The van der Waals surface area contributed by atoms with Crippen LogP contribution in [0.3, 0.4) is 0 Å². The number of rotatable bonds is 12. The number of benzene rings is 3. The molecule has 1 atom stereocenters. The number of carbonyl (C=O) groups excluding carboxylic acids is 3. The Morgan fingerprint density at radius 3 is 2.38 bits per heavy atom. The number of anilines is 2. The van der Waals surface area contributed by atoms with Crippen LogP contribution < -0.4 is 10.2 Å². The second-order valence-electron chi connectivity index (χ2n) is 12.3. The second-order valence-corrected chi connectivity index (χ2v) is 12.3. The van der Waals surface area contributed by atoms with Gasteiger partial charge in [-0.2, -0.15) is 5.26 Å². The van der Waals surface area contributed by atoms with Gasteiger partial charge in [0.25, 0.3) is 0 Å². The number of ether oxygens (including phenoxy) is 2. The van der Waals surface area contributed by atoms with Gasteiger partial charge in [0.05, 0.1) is 30.1 Å². The van der Waals surface area contributed by atoms with Crippen LogP contribution >= 0.6 is 0 Å². The van der Waals surface area contributed by atoms with E-state index in [1.807, 2.05) is 78.9 Å². The lowest BCUT2D eigenvalue weighted by atomic mass is 9.93. The number of amides is 1. The maximum absolute atomic E-state index is 14.1. The Morgan fingerprint density at radius 2 is 1.64 bits per heavy atom. The molecule has 0 saturated carbocycles. The predicted octanol–water partition coefficient (Wildman–Crippen LogP) is 7.22. The largest absolute Gasteiger partial charge is 0.461 e. The third-order valence-electron chi connectivity index (χ3n) is 8.67. The normalized spacial score (nSPS) is 14.1. The molecule has 10 heteroatoms. The van der Waals surface area contributed by atoms with Crippen LogP contribution in [0.1, 0.15) is 52.0 Å². The Labute approximate surface area is 290 Å². The Hall–Kier alpha value is -6.08. The van der Waals surface area contributed by atoms with Gasteiger partial charge in [-0.15, -0.1) is 0 Å². The molecule has 0 radical (unpaired) electrons. The summed E-state index contributed by atoms with van der Waals surface area (Å²) in [5, 5.41) is 12.7. The van der Waals surface area contributed by atoms with Crippen molar-refractivity contribution in [1.82, 2.24) is 9.97 Å². The van der Waals surface area contributed by atoms with Crippen LogP contribution in [0.2, 0.25) is 0 Å². The van der Waals surface area contributed by atoms with Crippen molar-refractivity contribution in [3.8, 4) is 6.07 Å². The van der Waals surface area contributed by atoms with Crippen molar-refractivity contribution in [2.24, 2.45) is 5.92 Å². The Kier molecular flexibility index (Phi) is 11.1. The van der Waals surface area contributed by atoms with Gasteiger partial charge < -0.3 is 14.4 Å². The molecule has 5 aromatic rings. The van der Waals surface area contributed by atoms with E-state index in [2.05, 4.69) is 21.3 Å². The molecule has 2 aromatic heterocycles. The van der Waals surface area contributed by atoms with E-state index in [0.29, 0.717) is 29.4 Å². The van der Waals surface area contributed by atoms with E-state index in [4.69, 9.17) is 14.5 Å². The van der Waals surface area contributed by atoms with E-state index in [-0.39, 0.29) is 55.1 Å². The average Bonchev–Trinajstić information content (AvgIpc) is 3.14. The average molecular weight is 668 g/mol. The number of hydrogen-bond acceptors (Lipinski definition) is 9. The minimum absolute atomic E-state index is 0.0202. The third kappa shape index (κ3) is 8.88. The minimum Gasteiger partial charge on any atom is -0.461 e. The van der Waals surface area contributed by atoms with Gasteiger partial charge in [-0.3, -0.25) is 19.9 Å².